The van der Waals surface area contributed by atoms with Gasteiger partial charge in [0.25, 0.3) is 0 Å². The van der Waals surface area contributed by atoms with Crippen LogP contribution in [-0.4, -0.2) is 41.6 Å². The van der Waals surface area contributed by atoms with E-state index in [4.69, 9.17) is 5.11 Å². The van der Waals surface area contributed by atoms with Gasteiger partial charge in [0.05, 0.1) is 0 Å². The summed E-state index contributed by atoms with van der Waals surface area (Å²) < 4.78 is 0. The summed E-state index contributed by atoms with van der Waals surface area (Å²) in [6.07, 6.45) is 3.84. The van der Waals surface area contributed by atoms with Crippen LogP contribution in [0.15, 0.2) is 0 Å². The number of piperidine rings is 1. The fourth-order valence-corrected chi connectivity index (χ4v) is 2.15. The minimum Gasteiger partial charge on any atom is -0.481 e. The first-order chi connectivity index (χ1) is 8.47. The monoisotopic (exact) mass is 256 g/mol. The summed E-state index contributed by atoms with van der Waals surface area (Å²) in [6.45, 7) is 6.51. The number of carboxylic acid groups (broad SMARTS) is 1. The van der Waals surface area contributed by atoms with Crippen LogP contribution in [0.25, 0.3) is 0 Å². The van der Waals surface area contributed by atoms with Crippen molar-refractivity contribution in [2.45, 2.75) is 46.0 Å². The van der Waals surface area contributed by atoms with E-state index in [1.54, 1.807) is 0 Å². The molecule has 1 heterocycles. The van der Waals surface area contributed by atoms with Gasteiger partial charge < -0.3 is 15.3 Å². The standard InChI is InChI=1S/C13H24N2O3/c1-3-13(2)6-9-15(10-7-13)12(18)14-8-4-5-11(16)17/h3-10H2,1-2H3,(H,14,18)(H,16,17). The number of rotatable bonds is 5. The number of nitrogens with zero attached hydrogens (tertiary/aromatic N) is 1. The molecule has 0 atom stereocenters. The van der Waals surface area contributed by atoms with Crippen LogP contribution in [0.4, 0.5) is 4.79 Å². The molecule has 0 bridgehead atoms. The van der Waals surface area contributed by atoms with Crippen LogP contribution in [0.3, 0.4) is 0 Å². The van der Waals surface area contributed by atoms with Gasteiger partial charge in [0.2, 0.25) is 0 Å². The largest absolute Gasteiger partial charge is 0.481 e. The Hall–Kier alpha value is -1.26. The van der Waals surface area contributed by atoms with Gasteiger partial charge in [-0.1, -0.05) is 20.3 Å². The molecule has 1 aliphatic heterocycles. The number of carbonyl (C=O) groups is 2. The SMILES string of the molecule is CCC1(C)CCN(C(=O)NCCCC(=O)O)CC1. The smallest absolute Gasteiger partial charge is 0.317 e. The average Bonchev–Trinajstić information content (AvgIpc) is 2.35. The molecule has 1 saturated heterocycles. The Kier molecular flexibility index (Phi) is 5.44. The minimum absolute atomic E-state index is 0.0569. The number of urea groups is 1. The van der Waals surface area contributed by atoms with Crippen LogP contribution in [0.5, 0.6) is 0 Å². The second-order valence-electron chi connectivity index (χ2n) is 5.38. The van der Waals surface area contributed by atoms with Crippen molar-refractivity contribution in [3.63, 3.8) is 0 Å². The summed E-state index contributed by atoms with van der Waals surface area (Å²) in [5.74, 6) is -0.819. The first-order valence-corrected chi connectivity index (χ1v) is 6.71. The van der Waals surface area contributed by atoms with Crippen LogP contribution >= 0.6 is 0 Å². The summed E-state index contributed by atoms with van der Waals surface area (Å²) >= 11 is 0. The van der Waals surface area contributed by atoms with Crippen LogP contribution in [0.1, 0.15) is 46.0 Å². The van der Waals surface area contributed by atoms with Gasteiger partial charge in [-0.15, -0.1) is 0 Å². The Morgan fingerprint density at radius 3 is 2.44 bits per heavy atom. The van der Waals surface area contributed by atoms with E-state index in [1.165, 1.54) is 0 Å². The number of hydrogen-bond donors (Lipinski definition) is 2. The maximum absolute atomic E-state index is 11.8. The van der Waals surface area contributed by atoms with Gasteiger partial charge in [0.1, 0.15) is 0 Å². The second kappa shape index (κ2) is 6.61. The first-order valence-electron chi connectivity index (χ1n) is 6.71. The molecule has 0 aromatic heterocycles. The molecule has 18 heavy (non-hydrogen) atoms. The number of nitrogens with one attached hydrogen (secondary N) is 1. The highest BCUT2D eigenvalue weighted by Crippen LogP contribution is 2.33. The summed E-state index contributed by atoms with van der Waals surface area (Å²) in [5, 5.41) is 11.3. The molecule has 5 heteroatoms. The highest BCUT2D eigenvalue weighted by molar-refractivity contribution is 5.74. The molecule has 1 rings (SSSR count). The molecule has 0 aromatic rings. The van der Waals surface area contributed by atoms with Gasteiger partial charge in [0.15, 0.2) is 0 Å². The van der Waals surface area contributed by atoms with Crippen LogP contribution in [0.2, 0.25) is 0 Å². The molecule has 1 fully saturated rings. The van der Waals surface area contributed by atoms with E-state index in [9.17, 15) is 9.59 Å². The molecule has 1 aliphatic rings. The van der Waals surface area contributed by atoms with Crippen LogP contribution < -0.4 is 5.32 Å². The van der Waals surface area contributed by atoms with Crippen molar-refractivity contribution in [2.24, 2.45) is 5.41 Å². The van der Waals surface area contributed by atoms with Gasteiger partial charge in [-0.25, -0.2) is 4.79 Å². The Labute approximate surface area is 109 Å². The van der Waals surface area contributed by atoms with Crippen molar-refractivity contribution in [2.75, 3.05) is 19.6 Å². The zero-order valence-electron chi connectivity index (χ0n) is 11.4. The number of hydrogen-bond acceptors (Lipinski definition) is 2. The molecule has 0 unspecified atom stereocenters. The zero-order valence-corrected chi connectivity index (χ0v) is 11.4. The van der Waals surface area contributed by atoms with Gasteiger partial charge in [0, 0.05) is 26.1 Å². The molecule has 0 aliphatic carbocycles. The topological polar surface area (TPSA) is 69.6 Å². The second-order valence-corrected chi connectivity index (χ2v) is 5.38. The molecular formula is C13H24N2O3. The summed E-state index contributed by atoms with van der Waals surface area (Å²) in [7, 11) is 0. The predicted molar refractivity (Wildman–Crippen MR) is 69.5 cm³/mol. The summed E-state index contributed by atoms with van der Waals surface area (Å²) in [5.41, 5.74) is 0.375. The summed E-state index contributed by atoms with van der Waals surface area (Å²) in [6, 6.07) is -0.0569. The van der Waals surface area contributed by atoms with E-state index < -0.39 is 5.97 Å². The Balaban J connectivity index is 2.22. The van der Waals surface area contributed by atoms with Gasteiger partial charge in [-0.2, -0.15) is 0 Å². The lowest BCUT2D eigenvalue weighted by molar-refractivity contribution is -0.137. The number of carboxylic acids is 1. The molecule has 104 valence electrons. The Bertz CT molecular complexity index is 297. The van der Waals surface area contributed by atoms with E-state index in [2.05, 4.69) is 19.2 Å². The lowest BCUT2D eigenvalue weighted by atomic mass is 9.78. The Morgan fingerprint density at radius 1 is 1.33 bits per heavy atom. The van der Waals surface area contributed by atoms with Crippen molar-refractivity contribution in [1.82, 2.24) is 10.2 Å². The fraction of sp³-hybridized carbons (Fsp3) is 0.846. The molecule has 0 radical (unpaired) electrons. The normalized spacial score (nSPS) is 18.4. The zero-order chi connectivity index (χ0) is 13.6. The van der Waals surface area contributed by atoms with Crippen molar-refractivity contribution in [1.29, 1.82) is 0 Å². The van der Waals surface area contributed by atoms with E-state index in [-0.39, 0.29) is 12.5 Å². The average molecular weight is 256 g/mol. The quantitative estimate of drug-likeness (QED) is 0.740. The third-order valence-corrected chi connectivity index (χ3v) is 3.95. The van der Waals surface area contributed by atoms with Crippen molar-refractivity contribution < 1.29 is 14.7 Å². The number of carbonyl (C=O) groups excluding carboxylic acids is 1. The van der Waals surface area contributed by atoms with Gasteiger partial charge in [-0.05, 0) is 24.7 Å². The first kappa shape index (κ1) is 14.8. The number of aliphatic carboxylic acids is 1. The third-order valence-electron chi connectivity index (χ3n) is 3.95. The number of amides is 2. The molecule has 5 nitrogen and oxygen atoms in total. The molecular weight excluding hydrogens is 232 g/mol. The van der Waals surface area contributed by atoms with Crippen LogP contribution in [-0.2, 0) is 4.79 Å². The highest BCUT2D eigenvalue weighted by Gasteiger charge is 2.29. The van der Waals surface area contributed by atoms with E-state index in [0.717, 1.165) is 32.4 Å². The van der Waals surface area contributed by atoms with Gasteiger partial charge in [-0.3, -0.25) is 4.79 Å². The molecule has 2 amide bonds. The van der Waals surface area contributed by atoms with E-state index in [0.29, 0.717) is 18.4 Å². The van der Waals surface area contributed by atoms with Crippen molar-refractivity contribution >= 4 is 12.0 Å². The molecule has 0 aromatic carbocycles. The number of likely N-dealkylation sites (tertiary alicyclic amines) is 1. The Morgan fingerprint density at radius 2 is 1.94 bits per heavy atom. The maximum atomic E-state index is 11.8. The summed E-state index contributed by atoms with van der Waals surface area (Å²) in [4.78, 5) is 24.0. The third kappa shape index (κ3) is 4.55. The highest BCUT2D eigenvalue weighted by atomic mass is 16.4. The molecule has 0 spiro atoms. The minimum atomic E-state index is -0.819. The molecule has 2 N–H and O–H groups in total. The maximum Gasteiger partial charge on any atom is 0.317 e. The van der Waals surface area contributed by atoms with E-state index >= 15 is 0 Å². The van der Waals surface area contributed by atoms with Gasteiger partial charge >= 0.3 is 12.0 Å². The molecule has 0 saturated carbocycles. The lowest BCUT2D eigenvalue weighted by Gasteiger charge is -2.38. The van der Waals surface area contributed by atoms with Crippen molar-refractivity contribution in [3.05, 3.63) is 0 Å². The van der Waals surface area contributed by atoms with E-state index in [1.807, 2.05) is 4.90 Å². The lowest BCUT2D eigenvalue weighted by Crippen LogP contribution is -2.46. The predicted octanol–water partition coefficient (Wildman–Crippen LogP) is 2.07. The van der Waals surface area contributed by atoms with Crippen LogP contribution in [0, 0.1) is 5.41 Å². The van der Waals surface area contributed by atoms with Crippen molar-refractivity contribution in [3.8, 4) is 0 Å². The fourth-order valence-electron chi connectivity index (χ4n) is 2.15.